The predicted molar refractivity (Wildman–Crippen MR) is 60.1 cm³/mol. The van der Waals surface area contributed by atoms with Gasteiger partial charge in [0.25, 0.3) is 0 Å². The minimum absolute atomic E-state index is 0.461. The van der Waals surface area contributed by atoms with E-state index >= 15 is 0 Å². The Morgan fingerprint density at radius 3 is 2.86 bits per heavy atom. The highest BCUT2D eigenvalue weighted by Crippen LogP contribution is 2.32. The van der Waals surface area contributed by atoms with Gasteiger partial charge in [0.2, 0.25) is 0 Å². The highest BCUT2D eigenvalue weighted by atomic mass is 32.2. The molecular formula is C10H20N2OS. The van der Waals surface area contributed by atoms with Crippen molar-refractivity contribution in [2.24, 2.45) is 11.8 Å². The van der Waals surface area contributed by atoms with Crippen LogP contribution in [0.5, 0.6) is 0 Å². The van der Waals surface area contributed by atoms with Gasteiger partial charge in [-0.25, -0.2) is 0 Å². The average molecular weight is 216 g/mol. The molecule has 2 aliphatic heterocycles. The molecule has 0 aliphatic carbocycles. The van der Waals surface area contributed by atoms with Gasteiger partial charge in [-0.3, -0.25) is 11.3 Å². The van der Waals surface area contributed by atoms with Gasteiger partial charge in [-0.1, -0.05) is 6.42 Å². The summed E-state index contributed by atoms with van der Waals surface area (Å²) >= 11 is 2.08. The Hall–Kier alpha value is 0.230. The zero-order valence-corrected chi connectivity index (χ0v) is 9.39. The van der Waals surface area contributed by atoms with Crippen LogP contribution in [0.15, 0.2) is 0 Å². The minimum atomic E-state index is 0.461. The van der Waals surface area contributed by atoms with Crippen molar-refractivity contribution in [3.05, 3.63) is 0 Å². The third-order valence-corrected chi connectivity index (χ3v) is 4.76. The molecule has 14 heavy (non-hydrogen) atoms. The first kappa shape index (κ1) is 10.7. The fourth-order valence-electron chi connectivity index (χ4n) is 2.43. The van der Waals surface area contributed by atoms with Crippen molar-refractivity contribution in [2.75, 3.05) is 19.0 Å². The van der Waals surface area contributed by atoms with Crippen LogP contribution >= 0.6 is 11.8 Å². The van der Waals surface area contributed by atoms with Crippen molar-refractivity contribution in [2.45, 2.75) is 37.0 Å². The summed E-state index contributed by atoms with van der Waals surface area (Å²) in [6, 6.07) is 0.461. The molecule has 0 spiro atoms. The molecule has 2 saturated heterocycles. The standard InChI is InChI=1S/C10H20N2OS/c11-12-10(8-4-5-13-7-8)9-3-1-2-6-14-9/h8-10,12H,1-7,11H2. The number of thioether (sulfide) groups is 1. The van der Waals surface area contributed by atoms with Crippen LogP contribution in [0.1, 0.15) is 25.7 Å². The fraction of sp³-hybridized carbons (Fsp3) is 1.00. The van der Waals surface area contributed by atoms with Gasteiger partial charge < -0.3 is 4.74 Å². The third-order valence-electron chi connectivity index (χ3n) is 3.28. The molecule has 0 aromatic heterocycles. The normalized spacial score (nSPS) is 35.8. The van der Waals surface area contributed by atoms with E-state index in [-0.39, 0.29) is 0 Å². The monoisotopic (exact) mass is 216 g/mol. The highest BCUT2D eigenvalue weighted by Gasteiger charge is 2.32. The van der Waals surface area contributed by atoms with Crippen LogP contribution in [0.3, 0.4) is 0 Å². The van der Waals surface area contributed by atoms with Crippen LogP contribution in [-0.4, -0.2) is 30.3 Å². The summed E-state index contributed by atoms with van der Waals surface area (Å²) in [6.45, 7) is 1.81. The first-order valence-corrected chi connectivity index (χ1v) is 6.62. The zero-order valence-electron chi connectivity index (χ0n) is 8.58. The maximum absolute atomic E-state index is 5.66. The van der Waals surface area contributed by atoms with Crippen molar-refractivity contribution in [1.29, 1.82) is 0 Å². The smallest absolute Gasteiger partial charge is 0.0510 e. The molecule has 0 radical (unpaired) electrons. The maximum Gasteiger partial charge on any atom is 0.0510 e. The van der Waals surface area contributed by atoms with Gasteiger partial charge in [0.15, 0.2) is 0 Å². The van der Waals surface area contributed by atoms with Crippen molar-refractivity contribution < 1.29 is 4.74 Å². The lowest BCUT2D eigenvalue weighted by atomic mass is 9.94. The lowest BCUT2D eigenvalue weighted by Crippen LogP contribution is -2.48. The molecule has 2 fully saturated rings. The molecular weight excluding hydrogens is 196 g/mol. The maximum atomic E-state index is 5.66. The molecule has 82 valence electrons. The molecule has 0 amide bonds. The van der Waals surface area contributed by atoms with E-state index in [9.17, 15) is 0 Å². The summed E-state index contributed by atoms with van der Waals surface area (Å²) in [5.74, 6) is 7.60. The number of nitrogens with two attached hydrogens (primary N) is 1. The fourth-order valence-corrected chi connectivity index (χ4v) is 3.95. The van der Waals surface area contributed by atoms with Crippen LogP contribution < -0.4 is 11.3 Å². The molecule has 0 aromatic rings. The second kappa shape index (κ2) is 5.35. The van der Waals surface area contributed by atoms with E-state index in [4.69, 9.17) is 10.6 Å². The topological polar surface area (TPSA) is 47.3 Å². The highest BCUT2D eigenvalue weighted by molar-refractivity contribution is 8.00. The van der Waals surface area contributed by atoms with E-state index in [1.165, 1.54) is 31.4 Å². The number of ether oxygens (including phenoxy) is 1. The molecule has 0 saturated carbocycles. The van der Waals surface area contributed by atoms with Gasteiger partial charge in [-0.05, 0) is 25.0 Å². The summed E-state index contributed by atoms with van der Waals surface area (Å²) in [7, 11) is 0. The van der Waals surface area contributed by atoms with Gasteiger partial charge in [0, 0.05) is 23.8 Å². The van der Waals surface area contributed by atoms with E-state index < -0.39 is 0 Å². The summed E-state index contributed by atoms with van der Waals surface area (Å²) in [5, 5.41) is 0.709. The first-order valence-electron chi connectivity index (χ1n) is 5.57. The number of rotatable bonds is 3. The SMILES string of the molecule is NNC(C1CCOC1)C1CCCCS1. The summed E-state index contributed by atoms with van der Waals surface area (Å²) in [4.78, 5) is 0. The molecule has 0 bridgehead atoms. The van der Waals surface area contributed by atoms with E-state index in [2.05, 4.69) is 17.2 Å². The molecule has 4 heteroatoms. The quantitative estimate of drug-likeness (QED) is 0.548. The Morgan fingerprint density at radius 1 is 1.36 bits per heavy atom. The largest absolute Gasteiger partial charge is 0.381 e. The summed E-state index contributed by atoms with van der Waals surface area (Å²) in [6.07, 6.45) is 5.23. The van der Waals surface area contributed by atoms with E-state index in [0.717, 1.165) is 13.2 Å². The van der Waals surface area contributed by atoms with Crippen LogP contribution in [0.4, 0.5) is 0 Å². The Balaban J connectivity index is 1.89. The van der Waals surface area contributed by atoms with E-state index in [1.807, 2.05) is 0 Å². The second-order valence-corrected chi connectivity index (χ2v) is 5.57. The van der Waals surface area contributed by atoms with Gasteiger partial charge in [-0.2, -0.15) is 11.8 Å². The third kappa shape index (κ3) is 2.42. The molecule has 3 nitrogen and oxygen atoms in total. The van der Waals surface area contributed by atoms with Gasteiger partial charge in [-0.15, -0.1) is 0 Å². The molecule has 3 unspecified atom stereocenters. The minimum Gasteiger partial charge on any atom is -0.381 e. The number of hydrogen-bond donors (Lipinski definition) is 2. The molecule has 3 N–H and O–H groups in total. The Labute approximate surface area is 90.1 Å². The number of nitrogens with one attached hydrogen (secondary N) is 1. The second-order valence-electron chi connectivity index (χ2n) is 4.22. The van der Waals surface area contributed by atoms with Crippen molar-refractivity contribution in [3.63, 3.8) is 0 Å². The lowest BCUT2D eigenvalue weighted by Gasteiger charge is -2.32. The first-order chi connectivity index (χ1) is 6.92. The Morgan fingerprint density at radius 2 is 2.29 bits per heavy atom. The van der Waals surface area contributed by atoms with Crippen molar-refractivity contribution in [3.8, 4) is 0 Å². The number of hydrazine groups is 1. The molecule has 2 heterocycles. The molecule has 3 atom stereocenters. The lowest BCUT2D eigenvalue weighted by molar-refractivity contribution is 0.175. The van der Waals surface area contributed by atoms with E-state index in [1.54, 1.807) is 0 Å². The summed E-state index contributed by atoms with van der Waals surface area (Å²) < 4.78 is 5.43. The predicted octanol–water partition coefficient (Wildman–Crippen LogP) is 1.14. The van der Waals surface area contributed by atoms with Crippen LogP contribution in [-0.2, 0) is 4.74 Å². The van der Waals surface area contributed by atoms with Crippen molar-refractivity contribution >= 4 is 11.8 Å². The van der Waals surface area contributed by atoms with Gasteiger partial charge in [0.05, 0.1) is 6.61 Å². The van der Waals surface area contributed by atoms with Crippen LogP contribution in [0.25, 0.3) is 0 Å². The van der Waals surface area contributed by atoms with Crippen molar-refractivity contribution in [1.82, 2.24) is 5.43 Å². The Kier molecular flexibility index (Phi) is 4.10. The zero-order chi connectivity index (χ0) is 9.80. The molecule has 0 aromatic carbocycles. The van der Waals surface area contributed by atoms with Crippen LogP contribution in [0, 0.1) is 5.92 Å². The number of hydrogen-bond acceptors (Lipinski definition) is 4. The molecule has 2 rings (SSSR count). The van der Waals surface area contributed by atoms with Gasteiger partial charge in [0.1, 0.15) is 0 Å². The molecule has 2 aliphatic rings. The van der Waals surface area contributed by atoms with E-state index in [0.29, 0.717) is 17.2 Å². The van der Waals surface area contributed by atoms with Crippen LogP contribution in [0.2, 0.25) is 0 Å². The Bertz CT molecular complexity index is 168. The average Bonchev–Trinajstić information content (AvgIpc) is 2.74. The summed E-state index contributed by atoms with van der Waals surface area (Å²) in [5.41, 5.74) is 3.01. The van der Waals surface area contributed by atoms with Gasteiger partial charge >= 0.3 is 0 Å².